The van der Waals surface area contributed by atoms with Gasteiger partial charge in [-0.2, -0.15) is 0 Å². The van der Waals surface area contributed by atoms with Crippen molar-refractivity contribution in [1.82, 2.24) is 5.32 Å². The number of benzene rings is 3. The number of hydrogen-bond acceptors (Lipinski definition) is 4. The Balaban J connectivity index is 1.38. The normalized spacial score (nSPS) is 14.0. The Labute approximate surface area is 222 Å². The number of aryl methyl sites for hydroxylation is 1. The van der Waals surface area contributed by atoms with E-state index >= 15 is 0 Å². The summed E-state index contributed by atoms with van der Waals surface area (Å²) in [5, 5.41) is 3.64. The van der Waals surface area contributed by atoms with Crippen LogP contribution in [0.1, 0.15) is 24.5 Å². The molecule has 0 atom stereocenters. The monoisotopic (exact) mass is 519 g/mol. The van der Waals surface area contributed by atoms with Crippen LogP contribution >= 0.6 is 23.4 Å². The predicted molar refractivity (Wildman–Crippen MR) is 151 cm³/mol. The first-order chi connectivity index (χ1) is 17.4. The van der Waals surface area contributed by atoms with Crippen molar-refractivity contribution in [3.8, 4) is 0 Å². The van der Waals surface area contributed by atoms with Crippen LogP contribution in [0.25, 0.3) is 6.08 Å². The predicted octanol–water partition coefficient (Wildman–Crippen LogP) is 6.16. The van der Waals surface area contributed by atoms with Gasteiger partial charge in [0.1, 0.15) is 6.54 Å². The van der Waals surface area contributed by atoms with Crippen LogP contribution in [0.4, 0.5) is 11.4 Å². The lowest BCUT2D eigenvalue weighted by Gasteiger charge is -2.30. The minimum Gasteiger partial charge on any atom is -0.372 e. The minimum atomic E-state index is -0.180. The number of carbonyl (C=O) groups is 2. The number of nitrogens with one attached hydrogen (secondary N) is 1. The lowest BCUT2D eigenvalue weighted by molar-refractivity contribution is -0.122. The summed E-state index contributed by atoms with van der Waals surface area (Å²) in [6, 6.07) is 23.5. The van der Waals surface area contributed by atoms with Crippen molar-refractivity contribution in [3.05, 3.63) is 93.9 Å². The number of halogens is 1. The van der Waals surface area contributed by atoms with Crippen LogP contribution in [0.2, 0.25) is 5.02 Å². The summed E-state index contributed by atoms with van der Waals surface area (Å²) >= 11 is 7.42. The van der Waals surface area contributed by atoms with Gasteiger partial charge in [-0.05, 0) is 73.9 Å². The van der Waals surface area contributed by atoms with Gasteiger partial charge in [-0.15, -0.1) is 0 Å². The second-order valence-electron chi connectivity index (χ2n) is 8.64. The smallest absolute Gasteiger partial charge is 0.265 e. The number of anilines is 2. The Morgan fingerprint density at radius 2 is 1.86 bits per heavy atom. The van der Waals surface area contributed by atoms with Gasteiger partial charge < -0.3 is 10.2 Å². The van der Waals surface area contributed by atoms with E-state index in [2.05, 4.69) is 48.3 Å². The van der Waals surface area contributed by atoms with Gasteiger partial charge in [-0.3, -0.25) is 14.5 Å². The first-order valence-corrected chi connectivity index (χ1v) is 13.3. The molecule has 186 valence electrons. The highest BCUT2D eigenvalue weighted by Gasteiger charge is 2.30. The molecule has 1 N–H and O–H groups in total. The molecular weight excluding hydrogens is 490 g/mol. The molecule has 7 heteroatoms. The lowest BCUT2D eigenvalue weighted by atomic mass is 10.2. The van der Waals surface area contributed by atoms with Crippen molar-refractivity contribution in [2.75, 3.05) is 36.0 Å². The molecule has 4 rings (SSSR count). The van der Waals surface area contributed by atoms with E-state index in [1.807, 2.05) is 42.5 Å². The summed E-state index contributed by atoms with van der Waals surface area (Å²) in [5.74, 6) is -0.352. The van der Waals surface area contributed by atoms with E-state index in [1.165, 1.54) is 23.0 Å². The van der Waals surface area contributed by atoms with Crippen molar-refractivity contribution < 1.29 is 9.59 Å². The molecule has 1 aliphatic rings. The zero-order valence-corrected chi connectivity index (χ0v) is 22.1. The van der Waals surface area contributed by atoms with E-state index < -0.39 is 0 Å². The molecule has 0 aliphatic carbocycles. The fraction of sp³-hybridized carbons (Fsp3) is 0.241. The summed E-state index contributed by atoms with van der Waals surface area (Å²) in [7, 11) is 0. The molecule has 3 aromatic carbocycles. The number of thioether (sulfide) groups is 1. The maximum atomic E-state index is 13.4. The molecule has 36 heavy (non-hydrogen) atoms. The third kappa shape index (κ3) is 6.50. The first kappa shape index (κ1) is 25.9. The van der Waals surface area contributed by atoms with Gasteiger partial charge in [0.05, 0.1) is 10.6 Å². The molecular formula is C29H30ClN3O2S. The van der Waals surface area contributed by atoms with Crippen LogP contribution in [0.3, 0.4) is 0 Å². The third-order valence-electron chi connectivity index (χ3n) is 5.98. The minimum absolute atomic E-state index is 0.0241. The van der Waals surface area contributed by atoms with Crippen LogP contribution < -0.4 is 15.1 Å². The number of para-hydroxylation sites is 1. The Morgan fingerprint density at radius 3 is 2.61 bits per heavy atom. The maximum Gasteiger partial charge on any atom is 0.265 e. The number of fused-ring (bicyclic) bond motifs is 1. The van der Waals surface area contributed by atoms with Gasteiger partial charge in [-0.25, -0.2) is 0 Å². The van der Waals surface area contributed by atoms with Gasteiger partial charge in [0.15, 0.2) is 0 Å². The molecule has 1 aliphatic heterocycles. The number of amides is 2. The van der Waals surface area contributed by atoms with Crippen molar-refractivity contribution >= 4 is 52.6 Å². The average Bonchev–Trinajstić information content (AvgIpc) is 2.88. The molecule has 0 aromatic heterocycles. The van der Waals surface area contributed by atoms with Crippen molar-refractivity contribution in [3.63, 3.8) is 0 Å². The lowest BCUT2D eigenvalue weighted by Crippen LogP contribution is -2.43. The Morgan fingerprint density at radius 1 is 1.08 bits per heavy atom. The summed E-state index contributed by atoms with van der Waals surface area (Å²) in [5.41, 5.74) is 4.06. The molecule has 3 aromatic rings. The highest BCUT2D eigenvalue weighted by molar-refractivity contribution is 8.04. The third-order valence-corrected chi connectivity index (χ3v) is 7.31. The van der Waals surface area contributed by atoms with Gasteiger partial charge in [0, 0.05) is 35.2 Å². The zero-order valence-electron chi connectivity index (χ0n) is 20.5. The van der Waals surface area contributed by atoms with E-state index in [-0.39, 0.29) is 18.4 Å². The molecule has 0 unspecified atom stereocenters. The standard InChI is InChI=1S/C29H30ClN3O2S/c1-3-32(24-9-6-8-21(2)18-24)17-7-16-31-28(34)20-33-25-10-4-5-11-26(25)36-27(29(33)35)19-22-12-14-23(30)15-13-22/h4-6,8-15,18-19H,3,7,16-17,20H2,1-2H3,(H,31,34)/b27-19-. The summed E-state index contributed by atoms with van der Waals surface area (Å²) in [4.78, 5) is 31.6. The summed E-state index contributed by atoms with van der Waals surface area (Å²) in [6.07, 6.45) is 2.66. The van der Waals surface area contributed by atoms with Crippen LogP contribution in [-0.4, -0.2) is 38.0 Å². The maximum absolute atomic E-state index is 13.4. The van der Waals surface area contributed by atoms with Gasteiger partial charge in [0.2, 0.25) is 5.91 Å². The van der Waals surface area contributed by atoms with E-state index in [0.29, 0.717) is 16.5 Å². The number of hydrogen-bond donors (Lipinski definition) is 1. The molecule has 0 radical (unpaired) electrons. The van der Waals surface area contributed by atoms with Crippen LogP contribution in [-0.2, 0) is 9.59 Å². The van der Waals surface area contributed by atoms with Gasteiger partial charge >= 0.3 is 0 Å². The second kappa shape index (κ2) is 12.2. The molecule has 0 saturated heterocycles. The van der Waals surface area contributed by atoms with Crippen LogP contribution in [0.15, 0.2) is 82.6 Å². The largest absolute Gasteiger partial charge is 0.372 e. The molecule has 0 fully saturated rings. The Hall–Kier alpha value is -3.22. The average molecular weight is 520 g/mol. The summed E-state index contributed by atoms with van der Waals surface area (Å²) in [6.45, 7) is 6.49. The first-order valence-electron chi connectivity index (χ1n) is 12.1. The van der Waals surface area contributed by atoms with Crippen molar-refractivity contribution in [1.29, 1.82) is 0 Å². The molecule has 0 saturated carbocycles. The van der Waals surface area contributed by atoms with Crippen molar-refractivity contribution in [2.24, 2.45) is 0 Å². The summed E-state index contributed by atoms with van der Waals surface area (Å²) < 4.78 is 0. The molecule has 0 spiro atoms. The molecule has 1 heterocycles. The molecule has 0 bridgehead atoms. The quantitative estimate of drug-likeness (QED) is 0.272. The number of rotatable bonds is 9. The van der Waals surface area contributed by atoms with Crippen molar-refractivity contribution in [2.45, 2.75) is 25.2 Å². The number of nitrogens with zero attached hydrogens (tertiary/aromatic N) is 2. The van der Waals surface area contributed by atoms with E-state index in [4.69, 9.17) is 11.6 Å². The molecule has 5 nitrogen and oxygen atoms in total. The number of carbonyl (C=O) groups excluding carboxylic acids is 2. The Bertz CT molecular complexity index is 1260. The molecule has 2 amide bonds. The topological polar surface area (TPSA) is 52.7 Å². The highest BCUT2D eigenvalue weighted by atomic mass is 35.5. The highest BCUT2D eigenvalue weighted by Crippen LogP contribution is 2.41. The SMILES string of the molecule is CCN(CCCNC(=O)CN1C(=O)/C(=C/c2ccc(Cl)cc2)Sc2ccccc21)c1cccc(C)c1. The fourth-order valence-corrected chi connectivity index (χ4v) is 5.31. The Kier molecular flexibility index (Phi) is 8.73. The van der Waals surface area contributed by atoms with E-state index in [1.54, 1.807) is 17.0 Å². The van der Waals surface area contributed by atoms with Gasteiger partial charge in [-0.1, -0.05) is 59.8 Å². The zero-order chi connectivity index (χ0) is 25.5. The van der Waals surface area contributed by atoms with Crippen LogP contribution in [0, 0.1) is 6.92 Å². The van der Waals surface area contributed by atoms with Crippen LogP contribution in [0.5, 0.6) is 0 Å². The fourth-order valence-electron chi connectivity index (χ4n) is 4.12. The second-order valence-corrected chi connectivity index (χ2v) is 10.2. The van der Waals surface area contributed by atoms with E-state index in [0.717, 1.165) is 35.7 Å². The van der Waals surface area contributed by atoms with Gasteiger partial charge in [0.25, 0.3) is 5.91 Å². The van der Waals surface area contributed by atoms with E-state index in [9.17, 15) is 9.59 Å².